The normalized spacial score (nSPS) is 12.9. The molecule has 2 heterocycles. The van der Waals surface area contributed by atoms with Crippen LogP contribution in [0.15, 0.2) is 24.5 Å². The third-order valence-corrected chi connectivity index (χ3v) is 3.86. The molecule has 1 unspecified atom stereocenters. The zero-order chi connectivity index (χ0) is 11.5. The number of hydrogen-bond donors (Lipinski definition) is 1. The van der Waals surface area contributed by atoms with Gasteiger partial charge in [-0.15, -0.1) is 11.3 Å². The molecule has 86 valence electrons. The zero-order valence-electron chi connectivity index (χ0n) is 9.90. The predicted molar refractivity (Wildman–Crippen MR) is 67.5 cm³/mol. The maximum Gasteiger partial charge on any atom is 0.122 e. The van der Waals surface area contributed by atoms with Crippen LogP contribution in [0.4, 0.5) is 0 Å². The Kier molecular flexibility index (Phi) is 3.41. The second kappa shape index (κ2) is 4.80. The molecule has 2 aromatic heterocycles. The summed E-state index contributed by atoms with van der Waals surface area (Å²) in [7, 11) is 2.02. The second-order valence-electron chi connectivity index (χ2n) is 4.01. The van der Waals surface area contributed by atoms with E-state index in [-0.39, 0.29) is 0 Å². The van der Waals surface area contributed by atoms with Crippen molar-refractivity contribution in [1.29, 1.82) is 0 Å². The number of hydrogen-bond acceptors (Lipinski definition) is 3. The van der Waals surface area contributed by atoms with Gasteiger partial charge in [-0.2, -0.15) is 0 Å². The molecule has 4 heteroatoms. The maximum atomic E-state index is 4.29. The first-order valence-corrected chi connectivity index (χ1v) is 6.24. The number of aryl methyl sites for hydroxylation is 2. The summed E-state index contributed by atoms with van der Waals surface area (Å²) < 4.78 is 2.04. The molecule has 0 radical (unpaired) electrons. The van der Waals surface area contributed by atoms with Crippen LogP contribution in [0.2, 0.25) is 0 Å². The van der Waals surface area contributed by atoms with Gasteiger partial charge in [-0.1, -0.05) is 0 Å². The van der Waals surface area contributed by atoms with E-state index in [4.69, 9.17) is 0 Å². The summed E-state index contributed by atoms with van der Waals surface area (Å²) in [5.41, 5.74) is 0. The van der Waals surface area contributed by atoms with E-state index >= 15 is 0 Å². The number of imidazole rings is 1. The van der Waals surface area contributed by atoms with Gasteiger partial charge < -0.3 is 9.88 Å². The monoisotopic (exact) mass is 235 g/mol. The summed E-state index contributed by atoms with van der Waals surface area (Å²) in [6.45, 7) is 5.13. The molecule has 1 N–H and O–H groups in total. The topological polar surface area (TPSA) is 29.9 Å². The number of nitrogens with zero attached hydrogens (tertiary/aromatic N) is 2. The molecular weight excluding hydrogens is 218 g/mol. The van der Waals surface area contributed by atoms with E-state index in [1.165, 1.54) is 9.75 Å². The Morgan fingerprint density at radius 2 is 2.31 bits per heavy atom. The largest absolute Gasteiger partial charge is 0.337 e. The summed E-state index contributed by atoms with van der Waals surface area (Å²) in [6.07, 6.45) is 3.80. The Morgan fingerprint density at radius 1 is 1.50 bits per heavy atom. The number of rotatable bonds is 4. The molecule has 2 rings (SSSR count). The van der Waals surface area contributed by atoms with Gasteiger partial charge in [0.05, 0.1) is 6.54 Å². The van der Waals surface area contributed by atoms with Gasteiger partial charge in [0, 0.05) is 35.2 Å². The standard InChI is InChI=1S/C12H17N3S/c1-9-4-5-11(16-9)10(2)14-8-12-13-6-7-15(12)3/h4-7,10,14H,8H2,1-3H3. The van der Waals surface area contributed by atoms with Gasteiger partial charge in [0.15, 0.2) is 0 Å². The average molecular weight is 235 g/mol. The van der Waals surface area contributed by atoms with Crippen molar-refractivity contribution in [3.05, 3.63) is 40.1 Å². The van der Waals surface area contributed by atoms with Gasteiger partial charge in [0.2, 0.25) is 0 Å². The molecule has 1 atom stereocenters. The Bertz CT molecular complexity index is 458. The Balaban J connectivity index is 1.93. The molecule has 0 aliphatic heterocycles. The Morgan fingerprint density at radius 3 is 2.88 bits per heavy atom. The molecule has 3 nitrogen and oxygen atoms in total. The van der Waals surface area contributed by atoms with Crippen molar-refractivity contribution in [2.75, 3.05) is 0 Å². The Hall–Kier alpha value is -1.13. The summed E-state index contributed by atoms with van der Waals surface area (Å²) in [5.74, 6) is 1.07. The fourth-order valence-electron chi connectivity index (χ4n) is 1.60. The van der Waals surface area contributed by atoms with Gasteiger partial charge in [-0.3, -0.25) is 0 Å². The van der Waals surface area contributed by atoms with Gasteiger partial charge in [0.1, 0.15) is 5.82 Å². The molecule has 0 aliphatic carbocycles. The van der Waals surface area contributed by atoms with Crippen LogP contribution < -0.4 is 5.32 Å². The molecule has 0 aliphatic rings. The highest BCUT2D eigenvalue weighted by atomic mass is 32.1. The van der Waals surface area contributed by atoms with Crippen molar-refractivity contribution in [2.24, 2.45) is 7.05 Å². The van der Waals surface area contributed by atoms with Crippen molar-refractivity contribution < 1.29 is 0 Å². The minimum Gasteiger partial charge on any atom is -0.337 e. The van der Waals surface area contributed by atoms with E-state index in [0.29, 0.717) is 6.04 Å². The second-order valence-corrected chi connectivity index (χ2v) is 5.32. The van der Waals surface area contributed by atoms with Crippen LogP contribution in [0.5, 0.6) is 0 Å². The van der Waals surface area contributed by atoms with Crippen LogP contribution in [0.1, 0.15) is 28.5 Å². The van der Waals surface area contributed by atoms with E-state index in [1.54, 1.807) is 0 Å². The molecule has 0 saturated heterocycles. The van der Waals surface area contributed by atoms with Gasteiger partial charge in [-0.25, -0.2) is 4.98 Å². The van der Waals surface area contributed by atoms with Crippen LogP contribution in [-0.2, 0) is 13.6 Å². The molecule has 0 amide bonds. The minimum atomic E-state index is 0.385. The van der Waals surface area contributed by atoms with Crippen molar-refractivity contribution in [2.45, 2.75) is 26.4 Å². The molecule has 0 bridgehead atoms. The average Bonchev–Trinajstić information content (AvgIpc) is 2.84. The summed E-state index contributed by atoms with van der Waals surface area (Å²) >= 11 is 1.85. The highest BCUT2D eigenvalue weighted by Gasteiger charge is 2.08. The molecule has 0 spiro atoms. The molecule has 2 aromatic rings. The molecule has 0 aromatic carbocycles. The van der Waals surface area contributed by atoms with Crippen LogP contribution in [0, 0.1) is 6.92 Å². The first kappa shape index (κ1) is 11.4. The van der Waals surface area contributed by atoms with Gasteiger partial charge >= 0.3 is 0 Å². The lowest BCUT2D eigenvalue weighted by molar-refractivity contribution is 0.556. The highest BCUT2D eigenvalue weighted by Crippen LogP contribution is 2.22. The van der Waals surface area contributed by atoms with E-state index in [0.717, 1.165) is 12.4 Å². The lowest BCUT2D eigenvalue weighted by atomic mass is 10.2. The quantitative estimate of drug-likeness (QED) is 0.883. The maximum absolute atomic E-state index is 4.29. The summed E-state index contributed by atoms with van der Waals surface area (Å²) in [5, 5.41) is 3.48. The van der Waals surface area contributed by atoms with Gasteiger partial charge in [0.25, 0.3) is 0 Å². The predicted octanol–water partition coefficient (Wildman–Crippen LogP) is 2.64. The fraction of sp³-hybridized carbons (Fsp3) is 0.417. The molecule has 0 saturated carbocycles. The van der Waals surface area contributed by atoms with E-state index in [2.05, 4.69) is 36.3 Å². The van der Waals surface area contributed by atoms with E-state index < -0.39 is 0 Å². The van der Waals surface area contributed by atoms with Crippen LogP contribution >= 0.6 is 11.3 Å². The smallest absolute Gasteiger partial charge is 0.122 e. The Labute approximate surface area is 100 Å². The third kappa shape index (κ3) is 2.51. The van der Waals surface area contributed by atoms with Crippen molar-refractivity contribution >= 4 is 11.3 Å². The number of thiophene rings is 1. The van der Waals surface area contributed by atoms with E-state index in [9.17, 15) is 0 Å². The summed E-state index contributed by atoms with van der Waals surface area (Å²) in [4.78, 5) is 7.03. The molecule has 16 heavy (non-hydrogen) atoms. The zero-order valence-corrected chi connectivity index (χ0v) is 10.7. The fourth-order valence-corrected chi connectivity index (χ4v) is 2.50. The lowest BCUT2D eigenvalue weighted by Gasteiger charge is -2.11. The highest BCUT2D eigenvalue weighted by molar-refractivity contribution is 7.12. The third-order valence-electron chi connectivity index (χ3n) is 2.68. The SMILES string of the molecule is Cc1ccc(C(C)NCc2nccn2C)s1. The molecule has 0 fully saturated rings. The van der Waals surface area contributed by atoms with E-state index in [1.807, 2.05) is 35.3 Å². The van der Waals surface area contributed by atoms with Crippen LogP contribution in [-0.4, -0.2) is 9.55 Å². The number of aromatic nitrogens is 2. The van der Waals surface area contributed by atoms with Crippen LogP contribution in [0.25, 0.3) is 0 Å². The first-order valence-electron chi connectivity index (χ1n) is 5.42. The molecular formula is C12H17N3S. The first-order chi connectivity index (χ1) is 7.66. The lowest BCUT2D eigenvalue weighted by Crippen LogP contribution is -2.19. The number of nitrogens with one attached hydrogen (secondary N) is 1. The van der Waals surface area contributed by atoms with Crippen molar-refractivity contribution in [3.8, 4) is 0 Å². The minimum absolute atomic E-state index is 0.385. The summed E-state index contributed by atoms with van der Waals surface area (Å²) in [6, 6.07) is 4.74. The van der Waals surface area contributed by atoms with Crippen LogP contribution in [0.3, 0.4) is 0 Å². The van der Waals surface area contributed by atoms with Crippen molar-refractivity contribution in [3.63, 3.8) is 0 Å². The van der Waals surface area contributed by atoms with Crippen molar-refractivity contribution in [1.82, 2.24) is 14.9 Å². The van der Waals surface area contributed by atoms with Gasteiger partial charge in [-0.05, 0) is 26.0 Å².